The fourth-order valence-electron chi connectivity index (χ4n) is 2.28. The lowest BCUT2D eigenvalue weighted by Crippen LogP contribution is -2.51. The smallest absolute Gasteiger partial charge is 0.264 e. The molecule has 4 atom stereocenters. The molecule has 0 bridgehead atoms. The summed E-state index contributed by atoms with van der Waals surface area (Å²) in [6.45, 7) is 0.277. The van der Waals surface area contributed by atoms with E-state index in [-0.39, 0.29) is 11.5 Å². The molecule has 1 aromatic rings. The molecule has 2 aliphatic rings. The van der Waals surface area contributed by atoms with Crippen molar-refractivity contribution in [2.24, 2.45) is 0 Å². The molecule has 0 aliphatic carbocycles. The average molecular weight is 263 g/mol. The first-order valence-corrected chi connectivity index (χ1v) is 6.03. The topological polar surface area (TPSA) is 70.8 Å². The normalized spacial score (nSPS) is 33.3. The van der Waals surface area contributed by atoms with Gasteiger partial charge in [0, 0.05) is 16.6 Å². The van der Waals surface area contributed by atoms with Gasteiger partial charge in [-0.2, -0.15) is 0 Å². The quantitative estimate of drug-likeness (QED) is 0.599. The number of nitro groups is 1. The van der Waals surface area contributed by atoms with Gasteiger partial charge in [-0.1, -0.05) is 30.3 Å². The van der Waals surface area contributed by atoms with Gasteiger partial charge in [-0.15, -0.1) is 0 Å². The van der Waals surface area contributed by atoms with Gasteiger partial charge < -0.3 is 14.2 Å². The molecule has 6 nitrogen and oxygen atoms in total. The van der Waals surface area contributed by atoms with Crippen LogP contribution in [0.2, 0.25) is 0 Å². The van der Waals surface area contributed by atoms with Gasteiger partial charge in [0.05, 0.1) is 12.9 Å². The number of hydrogen-bond acceptors (Lipinski definition) is 5. The first-order chi connectivity index (χ1) is 9.25. The Hall–Kier alpha value is -1.92. The van der Waals surface area contributed by atoms with E-state index in [1.807, 2.05) is 30.3 Å². The van der Waals surface area contributed by atoms with E-state index in [2.05, 4.69) is 0 Å². The number of ether oxygens (including phenoxy) is 3. The van der Waals surface area contributed by atoms with E-state index in [1.165, 1.54) is 12.3 Å². The first-order valence-electron chi connectivity index (χ1n) is 6.03. The maximum Gasteiger partial charge on any atom is 0.264 e. The lowest BCUT2D eigenvalue weighted by atomic mass is 10.0. The second-order valence-corrected chi connectivity index (χ2v) is 4.46. The highest BCUT2D eigenvalue weighted by molar-refractivity contribution is 5.16. The van der Waals surface area contributed by atoms with E-state index in [1.54, 1.807) is 0 Å². The maximum atomic E-state index is 11.0. The van der Waals surface area contributed by atoms with Crippen molar-refractivity contribution in [2.75, 3.05) is 6.61 Å². The molecule has 0 amide bonds. The minimum Gasteiger partial charge on any atom is -0.493 e. The Bertz CT molecular complexity index is 489. The molecule has 6 heteroatoms. The van der Waals surface area contributed by atoms with Crippen LogP contribution in [0.15, 0.2) is 42.7 Å². The molecule has 100 valence electrons. The van der Waals surface area contributed by atoms with Crippen molar-refractivity contribution in [1.29, 1.82) is 0 Å². The lowest BCUT2D eigenvalue weighted by Gasteiger charge is -2.37. The monoisotopic (exact) mass is 263 g/mol. The molecule has 19 heavy (non-hydrogen) atoms. The van der Waals surface area contributed by atoms with Crippen molar-refractivity contribution in [1.82, 2.24) is 0 Å². The molecule has 2 heterocycles. The van der Waals surface area contributed by atoms with Gasteiger partial charge in [0.1, 0.15) is 0 Å². The van der Waals surface area contributed by atoms with Gasteiger partial charge in [0.15, 0.2) is 18.5 Å². The van der Waals surface area contributed by atoms with E-state index < -0.39 is 24.5 Å². The Balaban J connectivity index is 1.80. The van der Waals surface area contributed by atoms with E-state index in [9.17, 15) is 10.1 Å². The van der Waals surface area contributed by atoms with Crippen LogP contribution in [0.5, 0.6) is 0 Å². The Labute approximate surface area is 109 Å². The van der Waals surface area contributed by atoms with Crippen LogP contribution in [0, 0.1) is 10.1 Å². The largest absolute Gasteiger partial charge is 0.493 e. The Morgan fingerprint density at radius 1 is 1.26 bits per heavy atom. The number of fused-ring (bicyclic) bond motifs is 1. The van der Waals surface area contributed by atoms with Gasteiger partial charge in [-0.25, -0.2) is 0 Å². The first kappa shape index (κ1) is 12.1. The van der Waals surface area contributed by atoms with Gasteiger partial charge >= 0.3 is 0 Å². The van der Waals surface area contributed by atoms with Crippen molar-refractivity contribution in [2.45, 2.75) is 24.5 Å². The number of rotatable bonds is 2. The predicted octanol–water partition coefficient (Wildman–Crippen LogP) is 1.66. The second-order valence-electron chi connectivity index (χ2n) is 4.46. The summed E-state index contributed by atoms with van der Waals surface area (Å²) in [5, 5.41) is 11.0. The highest BCUT2D eigenvalue weighted by atomic mass is 16.7. The van der Waals surface area contributed by atoms with E-state index in [0.29, 0.717) is 0 Å². The fourth-order valence-corrected chi connectivity index (χ4v) is 2.28. The average Bonchev–Trinajstić information content (AvgIpc) is 2.47. The number of nitrogens with zero attached hydrogens (tertiary/aromatic N) is 1. The summed E-state index contributed by atoms with van der Waals surface area (Å²) in [7, 11) is 0. The van der Waals surface area contributed by atoms with Crippen molar-refractivity contribution in [3.8, 4) is 0 Å². The zero-order chi connectivity index (χ0) is 13.2. The zero-order valence-corrected chi connectivity index (χ0v) is 10.0. The summed E-state index contributed by atoms with van der Waals surface area (Å²) in [4.78, 5) is 10.7. The fraction of sp³-hybridized carbons (Fsp3) is 0.385. The van der Waals surface area contributed by atoms with Crippen LogP contribution < -0.4 is 0 Å². The minimum atomic E-state index is -0.895. The Morgan fingerprint density at radius 3 is 2.79 bits per heavy atom. The molecule has 2 aliphatic heterocycles. The summed E-state index contributed by atoms with van der Waals surface area (Å²) in [6, 6.07) is 8.47. The second kappa shape index (κ2) is 4.99. The molecule has 1 saturated heterocycles. The van der Waals surface area contributed by atoms with Crippen LogP contribution in [-0.2, 0) is 14.2 Å². The molecule has 3 rings (SSSR count). The number of benzene rings is 1. The van der Waals surface area contributed by atoms with Gasteiger partial charge in [-0.3, -0.25) is 10.1 Å². The van der Waals surface area contributed by atoms with Crippen LogP contribution in [0.25, 0.3) is 0 Å². The molecule has 0 saturated carbocycles. The standard InChI is InChI=1S/C13H13NO5/c15-14(16)10-6-7-17-11-8-18-13(19-12(10)11)9-4-2-1-3-5-9/h1-7,10-13H,8H2/t10-,11-,12+,13-/m1/s1. The van der Waals surface area contributed by atoms with Crippen molar-refractivity contribution < 1.29 is 19.1 Å². The third-order valence-corrected chi connectivity index (χ3v) is 3.24. The van der Waals surface area contributed by atoms with Crippen LogP contribution in [-0.4, -0.2) is 29.8 Å². The maximum absolute atomic E-state index is 11.0. The molecular formula is C13H13NO5. The molecule has 1 aromatic carbocycles. The SMILES string of the molecule is O=[N+]([O-])[C@@H]1C=CO[C@@H]2CO[C@@H](c3ccccc3)O[C@@H]12. The molecule has 0 aromatic heterocycles. The third-order valence-electron chi connectivity index (χ3n) is 3.24. The highest BCUT2D eigenvalue weighted by Crippen LogP contribution is 2.31. The van der Waals surface area contributed by atoms with Crippen molar-refractivity contribution >= 4 is 0 Å². The van der Waals surface area contributed by atoms with Gasteiger partial charge in [-0.05, 0) is 0 Å². The molecule has 0 unspecified atom stereocenters. The Morgan fingerprint density at radius 2 is 2.05 bits per heavy atom. The molecular weight excluding hydrogens is 250 g/mol. The predicted molar refractivity (Wildman–Crippen MR) is 64.8 cm³/mol. The number of hydrogen-bond donors (Lipinski definition) is 0. The van der Waals surface area contributed by atoms with E-state index in [4.69, 9.17) is 14.2 Å². The van der Waals surface area contributed by atoms with Crippen LogP contribution in [0.3, 0.4) is 0 Å². The van der Waals surface area contributed by atoms with E-state index in [0.717, 1.165) is 5.56 Å². The third kappa shape index (κ3) is 2.32. The summed E-state index contributed by atoms with van der Waals surface area (Å²) in [6.07, 6.45) is 1.12. The van der Waals surface area contributed by atoms with Crippen LogP contribution in [0.1, 0.15) is 11.9 Å². The van der Waals surface area contributed by atoms with Crippen LogP contribution in [0.4, 0.5) is 0 Å². The molecule has 1 fully saturated rings. The van der Waals surface area contributed by atoms with Gasteiger partial charge in [0.2, 0.25) is 0 Å². The highest BCUT2D eigenvalue weighted by Gasteiger charge is 2.45. The molecule has 0 spiro atoms. The van der Waals surface area contributed by atoms with Crippen LogP contribution >= 0.6 is 0 Å². The van der Waals surface area contributed by atoms with E-state index >= 15 is 0 Å². The van der Waals surface area contributed by atoms with Crippen molar-refractivity contribution in [3.63, 3.8) is 0 Å². The van der Waals surface area contributed by atoms with Crippen molar-refractivity contribution in [3.05, 3.63) is 58.3 Å². The minimum absolute atomic E-state index is 0.277. The summed E-state index contributed by atoms with van der Waals surface area (Å²) in [5.74, 6) is 0. The summed E-state index contributed by atoms with van der Waals surface area (Å²) < 4.78 is 16.6. The summed E-state index contributed by atoms with van der Waals surface area (Å²) >= 11 is 0. The molecule has 0 N–H and O–H groups in total. The Kier molecular flexibility index (Phi) is 3.18. The summed E-state index contributed by atoms with van der Waals surface area (Å²) in [5.41, 5.74) is 0.845. The molecule has 0 radical (unpaired) electrons. The van der Waals surface area contributed by atoms with Gasteiger partial charge in [0.25, 0.3) is 6.04 Å². The lowest BCUT2D eigenvalue weighted by molar-refractivity contribution is -0.533. The zero-order valence-electron chi connectivity index (χ0n) is 10.0.